The van der Waals surface area contributed by atoms with Gasteiger partial charge in [0.25, 0.3) is 0 Å². The van der Waals surface area contributed by atoms with Crippen LogP contribution in [0.4, 0.5) is 0 Å². The number of phenolic OH excluding ortho intramolecular Hbond substituents is 1. The predicted molar refractivity (Wildman–Crippen MR) is 69.1 cm³/mol. The quantitative estimate of drug-likeness (QED) is 0.780. The summed E-state index contributed by atoms with van der Waals surface area (Å²) in [6.45, 7) is 0. The van der Waals surface area contributed by atoms with Crippen LogP contribution in [0.1, 0.15) is 55.2 Å². The third-order valence-corrected chi connectivity index (χ3v) is 4.53. The van der Waals surface area contributed by atoms with E-state index in [2.05, 4.69) is 12.1 Å². The molecule has 0 spiro atoms. The van der Waals surface area contributed by atoms with Crippen LogP contribution >= 0.6 is 0 Å². The molecule has 3 rings (SSSR count). The maximum absolute atomic E-state index is 10.5. The van der Waals surface area contributed by atoms with Crippen LogP contribution in [0, 0.1) is 0 Å². The van der Waals surface area contributed by atoms with Crippen LogP contribution in [0.25, 0.3) is 0 Å². The summed E-state index contributed by atoms with van der Waals surface area (Å²) < 4.78 is 0. The van der Waals surface area contributed by atoms with E-state index in [9.17, 15) is 5.11 Å². The van der Waals surface area contributed by atoms with Crippen molar-refractivity contribution >= 4 is 0 Å². The maximum Gasteiger partial charge on any atom is 0.124 e. The third kappa shape index (κ3) is 1.75. The van der Waals surface area contributed by atoms with Crippen molar-refractivity contribution in [1.82, 2.24) is 0 Å². The minimum atomic E-state index is -0.267. The summed E-state index contributed by atoms with van der Waals surface area (Å²) in [5, 5.41) is 10.5. The van der Waals surface area contributed by atoms with E-state index < -0.39 is 0 Å². The average molecular weight is 231 g/mol. The number of rotatable bonds is 1. The number of fused-ring (bicyclic) bond motifs is 1. The number of aromatic hydroxyl groups is 1. The topological polar surface area (TPSA) is 46.2 Å². The van der Waals surface area contributed by atoms with E-state index in [-0.39, 0.29) is 5.54 Å². The molecule has 3 N–H and O–H groups in total. The second kappa shape index (κ2) is 4.02. The fourth-order valence-electron chi connectivity index (χ4n) is 3.49. The van der Waals surface area contributed by atoms with Crippen molar-refractivity contribution in [2.24, 2.45) is 5.73 Å². The molecule has 92 valence electrons. The normalized spacial score (nSPS) is 22.4. The molecule has 1 fully saturated rings. The summed E-state index contributed by atoms with van der Waals surface area (Å²) in [7, 11) is 0. The molecule has 17 heavy (non-hydrogen) atoms. The predicted octanol–water partition coefficient (Wildman–Crippen LogP) is 3.00. The highest BCUT2D eigenvalue weighted by Gasteiger charge is 2.34. The number of hydrogen-bond donors (Lipinski definition) is 2. The van der Waals surface area contributed by atoms with Crippen LogP contribution in [0.5, 0.6) is 5.75 Å². The second-order valence-electron chi connectivity index (χ2n) is 5.67. The molecule has 0 saturated heterocycles. The van der Waals surface area contributed by atoms with E-state index in [1.165, 1.54) is 36.8 Å². The summed E-state index contributed by atoms with van der Waals surface area (Å²) in [5.41, 5.74) is 9.69. The molecule has 0 radical (unpaired) electrons. The lowest BCUT2D eigenvalue weighted by molar-refractivity contribution is 0.402. The van der Waals surface area contributed by atoms with Gasteiger partial charge in [-0.1, -0.05) is 25.0 Å². The molecule has 0 bridgehead atoms. The lowest BCUT2D eigenvalue weighted by Gasteiger charge is -2.28. The molecule has 0 heterocycles. The monoisotopic (exact) mass is 231 g/mol. The highest BCUT2D eigenvalue weighted by molar-refractivity contribution is 5.49. The first-order valence-corrected chi connectivity index (χ1v) is 6.84. The Morgan fingerprint density at radius 3 is 2.47 bits per heavy atom. The van der Waals surface area contributed by atoms with E-state index in [1.807, 2.05) is 0 Å². The first-order valence-electron chi connectivity index (χ1n) is 6.84. The van der Waals surface area contributed by atoms with Gasteiger partial charge < -0.3 is 10.8 Å². The summed E-state index contributed by atoms with van der Waals surface area (Å²) in [4.78, 5) is 0. The molecule has 1 aromatic rings. The molecule has 2 aliphatic carbocycles. The van der Waals surface area contributed by atoms with Crippen LogP contribution in [-0.2, 0) is 18.4 Å². The number of hydrogen-bond acceptors (Lipinski definition) is 2. The van der Waals surface area contributed by atoms with Gasteiger partial charge in [0.2, 0.25) is 0 Å². The average Bonchev–Trinajstić information content (AvgIpc) is 2.78. The first-order chi connectivity index (χ1) is 8.21. The Kier molecular flexibility index (Phi) is 2.62. The van der Waals surface area contributed by atoms with E-state index in [0.717, 1.165) is 31.2 Å². The van der Waals surface area contributed by atoms with Crippen molar-refractivity contribution in [3.05, 3.63) is 28.8 Å². The molecule has 2 heteroatoms. The lowest BCUT2D eigenvalue weighted by atomic mass is 9.82. The van der Waals surface area contributed by atoms with Gasteiger partial charge in [-0.2, -0.15) is 0 Å². The molecule has 0 aromatic heterocycles. The van der Waals surface area contributed by atoms with Crippen molar-refractivity contribution in [1.29, 1.82) is 0 Å². The van der Waals surface area contributed by atoms with Gasteiger partial charge in [-0.25, -0.2) is 0 Å². The van der Waals surface area contributed by atoms with Crippen molar-refractivity contribution in [2.75, 3.05) is 0 Å². The van der Waals surface area contributed by atoms with Crippen LogP contribution in [0.2, 0.25) is 0 Å². The molecule has 1 saturated carbocycles. The van der Waals surface area contributed by atoms with Crippen LogP contribution in [-0.4, -0.2) is 5.11 Å². The van der Waals surface area contributed by atoms with E-state index in [0.29, 0.717) is 5.75 Å². The minimum Gasteiger partial charge on any atom is -0.507 e. The van der Waals surface area contributed by atoms with Gasteiger partial charge in [0, 0.05) is 11.1 Å². The van der Waals surface area contributed by atoms with Crippen molar-refractivity contribution in [3.63, 3.8) is 0 Å². The molecule has 0 aliphatic heterocycles. The Bertz CT molecular complexity index is 433. The zero-order valence-electron chi connectivity index (χ0n) is 10.3. The Balaban J connectivity index is 2.06. The van der Waals surface area contributed by atoms with Crippen LogP contribution in [0.15, 0.2) is 12.1 Å². The Hall–Kier alpha value is -1.02. The molecule has 0 amide bonds. The van der Waals surface area contributed by atoms with Gasteiger partial charge in [0.05, 0.1) is 0 Å². The van der Waals surface area contributed by atoms with Crippen molar-refractivity contribution in [2.45, 2.75) is 56.9 Å². The highest BCUT2D eigenvalue weighted by atomic mass is 16.3. The first kappa shape index (κ1) is 11.1. The Morgan fingerprint density at radius 2 is 1.71 bits per heavy atom. The zero-order chi connectivity index (χ0) is 11.9. The van der Waals surface area contributed by atoms with Crippen molar-refractivity contribution in [3.8, 4) is 5.75 Å². The summed E-state index contributed by atoms with van der Waals surface area (Å²) >= 11 is 0. The van der Waals surface area contributed by atoms with Gasteiger partial charge >= 0.3 is 0 Å². The van der Waals surface area contributed by atoms with Gasteiger partial charge in [0.15, 0.2) is 0 Å². The summed E-state index contributed by atoms with van der Waals surface area (Å²) in [6.07, 6.45) is 8.98. The lowest BCUT2D eigenvalue weighted by Crippen LogP contribution is -2.33. The zero-order valence-corrected chi connectivity index (χ0v) is 10.3. The van der Waals surface area contributed by atoms with Crippen LogP contribution in [0.3, 0.4) is 0 Å². The minimum absolute atomic E-state index is 0.267. The fraction of sp³-hybridized carbons (Fsp3) is 0.600. The number of phenols is 1. The molecule has 0 atom stereocenters. The van der Waals surface area contributed by atoms with Gasteiger partial charge in [0.1, 0.15) is 5.75 Å². The summed E-state index contributed by atoms with van der Waals surface area (Å²) in [5.74, 6) is 0.506. The summed E-state index contributed by atoms with van der Waals surface area (Å²) in [6, 6.07) is 4.27. The largest absolute Gasteiger partial charge is 0.507 e. The maximum atomic E-state index is 10.5. The number of benzene rings is 1. The van der Waals surface area contributed by atoms with E-state index >= 15 is 0 Å². The SMILES string of the molecule is NC1(c2ccc3c(c2O)CCCC3)CCCC1. The molecule has 2 aliphatic rings. The van der Waals surface area contributed by atoms with Crippen LogP contribution < -0.4 is 5.73 Å². The molecular formula is C15H21NO. The Morgan fingerprint density at radius 1 is 1.00 bits per heavy atom. The fourth-order valence-corrected chi connectivity index (χ4v) is 3.49. The van der Waals surface area contributed by atoms with Crippen molar-refractivity contribution < 1.29 is 5.11 Å². The standard InChI is InChI=1S/C15H21NO/c16-15(9-3-4-10-15)13-8-7-11-5-1-2-6-12(11)14(13)17/h7-8,17H,1-6,9-10,16H2. The molecule has 1 aromatic carbocycles. The highest BCUT2D eigenvalue weighted by Crippen LogP contribution is 2.43. The Labute approximate surface area is 103 Å². The third-order valence-electron chi connectivity index (χ3n) is 4.53. The second-order valence-corrected chi connectivity index (χ2v) is 5.67. The van der Waals surface area contributed by atoms with E-state index in [1.54, 1.807) is 0 Å². The molecular weight excluding hydrogens is 210 g/mol. The van der Waals surface area contributed by atoms with Gasteiger partial charge in [-0.05, 0) is 49.7 Å². The molecule has 2 nitrogen and oxygen atoms in total. The van der Waals surface area contributed by atoms with Gasteiger partial charge in [-0.3, -0.25) is 0 Å². The van der Waals surface area contributed by atoms with E-state index in [4.69, 9.17) is 5.73 Å². The smallest absolute Gasteiger partial charge is 0.124 e. The van der Waals surface area contributed by atoms with Gasteiger partial charge in [-0.15, -0.1) is 0 Å². The number of nitrogens with two attached hydrogens (primary N) is 1. The molecule has 0 unspecified atom stereocenters. The number of aryl methyl sites for hydroxylation is 1.